The van der Waals surface area contributed by atoms with Crippen LogP contribution >= 0.6 is 0 Å². The molecule has 3 heterocycles. The van der Waals surface area contributed by atoms with Crippen LogP contribution in [0.25, 0.3) is 10.9 Å². The second-order valence-electron chi connectivity index (χ2n) is 29.1. The molecule has 38 heteroatoms. The van der Waals surface area contributed by atoms with Crippen molar-refractivity contribution in [3.63, 3.8) is 0 Å². The fourth-order valence-electron chi connectivity index (χ4n) is 12.9. The molecule has 614 valence electrons. The highest BCUT2D eigenvalue weighted by Gasteiger charge is 2.43. The lowest BCUT2D eigenvalue weighted by molar-refractivity contribution is -0.149. The molecule has 2 saturated heterocycles. The largest absolute Gasteiger partial charge is 0.508 e. The maximum absolute atomic E-state index is 15.1. The van der Waals surface area contributed by atoms with Gasteiger partial charge in [-0.15, -0.1) is 0 Å². The number of carboxylic acid groups (broad SMARTS) is 1. The van der Waals surface area contributed by atoms with Gasteiger partial charge >= 0.3 is 5.97 Å². The predicted molar refractivity (Wildman–Crippen MR) is 408 cm³/mol. The second-order valence-corrected chi connectivity index (χ2v) is 29.1. The first-order chi connectivity index (χ1) is 52.4. The number of aliphatic carboxylic acids is 1. The van der Waals surface area contributed by atoms with E-state index in [1.54, 1.807) is 44.3 Å². The molecule has 38 nitrogen and oxygen atoms in total. The average Bonchev–Trinajstić information content (AvgIpc) is 1.69. The number of aliphatic hydroxyl groups is 3. The average molecular weight is 1560 g/mol. The van der Waals surface area contributed by atoms with Crippen molar-refractivity contribution in [2.24, 2.45) is 56.4 Å². The lowest BCUT2D eigenvalue weighted by Gasteiger charge is -2.31. The number of benzene rings is 2. The minimum atomic E-state index is -1.90. The highest BCUT2D eigenvalue weighted by atomic mass is 16.4. The van der Waals surface area contributed by atoms with Crippen LogP contribution in [-0.4, -0.2) is 253 Å². The van der Waals surface area contributed by atoms with Crippen LogP contribution in [0, 0.1) is 17.8 Å². The summed E-state index contributed by atoms with van der Waals surface area (Å²) in [6, 6.07) is -6.09. The fraction of sp³-hybridized carbons (Fsp3) is 0.603. The summed E-state index contributed by atoms with van der Waals surface area (Å²) < 4.78 is 0. The molecule has 1 aromatic heterocycles. The van der Waals surface area contributed by atoms with Gasteiger partial charge in [0.1, 0.15) is 78.3 Å². The van der Waals surface area contributed by atoms with E-state index < -0.39 is 186 Å². The minimum Gasteiger partial charge on any atom is -0.508 e. The van der Waals surface area contributed by atoms with Crippen LogP contribution in [-0.2, 0) is 75.2 Å². The van der Waals surface area contributed by atoms with Crippen molar-refractivity contribution in [3.8, 4) is 5.75 Å². The molecule has 111 heavy (non-hydrogen) atoms. The molecule has 0 radical (unpaired) electrons. The molecule has 0 saturated carbocycles. The third-order valence-corrected chi connectivity index (χ3v) is 19.3. The van der Waals surface area contributed by atoms with Crippen molar-refractivity contribution >= 4 is 99.7 Å². The molecule has 16 atom stereocenters. The van der Waals surface area contributed by atoms with Crippen molar-refractivity contribution in [1.29, 1.82) is 0 Å². The number of aromatic hydroxyl groups is 1. The maximum atomic E-state index is 15.1. The smallest absolute Gasteiger partial charge is 0.326 e. The van der Waals surface area contributed by atoms with Gasteiger partial charge in [-0.1, -0.05) is 78.3 Å². The van der Waals surface area contributed by atoms with Crippen molar-refractivity contribution in [2.75, 3.05) is 32.8 Å². The molecule has 5 rings (SSSR count). The van der Waals surface area contributed by atoms with E-state index in [2.05, 4.69) is 68.1 Å². The zero-order chi connectivity index (χ0) is 82.7. The van der Waals surface area contributed by atoms with Crippen molar-refractivity contribution in [1.82, 2.24) is 68.0 Å². The Morgan fingerprint density at radius 2 is 1.01 bits per heavy atom. The Balaban J connectivity index is 1.39. The molecule has 2 fully saturated rings. The molecule has 12 amide bonds. The van der Waals surface area contributed by atoms with Crippen LogP contribution in [0.4, 0.5) is 0 Å². The minimum absolute atomic E-state index is 0.0108. The van der Waals surface area contributed by atoms with E-state index >= 15 is 9.59 Å². The molecular weight excluding hydrogens is 1440 g/mol. The van der Waals surface area contributed by atoms with Crippen LogP contribution in [0.5, 0.6) is 5.75 Å². The molecule has 2 aliphatic heterocycles. The number of aromatic nitrogens is 1. The van der Waals surface area contributed by atoms with E-state index in [0.717, 1.165) is 11.8 Å². The zero-order valence-electron chi connectivity index (χ0n) is 64.3. The zero-order valence-corrected chi connectivity index (χ0v) is 64.3. The van der Waals surface area contributed by atoms with Gasteiger partial charge in [0.15, 0.2) is 11.9 Å². The van der Waals surface area contributed by atoms with Gasteiger partial charge in [0.25, 0.3) is 0 Å². The van der Waals surface area contributed by atoms with Crippen LogP contribution in [0.1, 0.15) is 138 Å². The van der Waals surface area contributed by atoms with E-state index in [9.17, 15) is 78.3 Å². The van der Waals surface area contributed by atoms with Gasteiger partial charge in [-0.05, 0) is 126 Å². The molecular formula is C73H114N20O18. The molecule has 2 aliphatic rings. The molecule has 0 aliphatic carbocycles. The Labute approximate surface area is 643 Å². The first-order valence-corrected chi connectivity index (χ1v) is 37.4. The Bertz CT molecular complexity index is 3770. The topological polar surface area (TPSA) is 620 Å². The van der Waals surface area contributed by atoms with E-state index in [1.165, 1.54) is 56.9 Å². The number of aromatic amines is 1. The van der Waals surface area contributed by atoms with Crippen molar-refractivity contribution < 1.29 is 87.9 Å². The van der Waals surface area contributed by atoms with Crippen LogP contribution in [0.2, 0.25) is 0 Å². The molecule has 0 unspecified atom stereocenters. The summed E-state index contributed by atoms with van der Waals surface area (Å²) >= 11 is 0. The van der Waals surface area contributed by atoms with E-state index in [-0.39, 0.29) is 108 Å². The number of rotatable bonds is 43. The van der Waals surface area contributed by atoms with Gasteiger partial charge in [0.05, 0.1) is 24.9 Å². The lowest BCUT2D eigenvalue weighted by atomic mass is 9.95. The number of nitrogens with one attached hydrogen (secondary N) is 11. The summed E-state index contributed by atoms with van der Waals surface area (Å²) in [5.41, 5.74) is 30.0. The monoisotopic (exact) mass is 1560 g/mol. The third-order valence-electron chi connectivity index (χ3n) is 19.3. The number of aliphatic imine (C=N–C) groups is 2. The molecule has 0 bridgehead atoms. The van der Waals surface area contributed by atoms with Gasteiger partial charge in [0.2, 0.25) is 70.9 Å². The van der Waals surface area contributed by atoms with E-state index in [1.807, 2.05) is 13.8 Å². The second kappa shape index (κ2) is 43.6. The van der Waals surface area contributed by atoms with E-state index in [0.29, 0.717) is 41.3 Å². The molecule has 26 N–H and O–H groups in total. The number of likely N-dealkylation sites (tertiary alicyclic amines) is 2. The number of fused-ring (bicyclic) bond motifs is 1. The number of hydrogen-bond donors (Lipinski definition) is 21. The van der Waals surface area contributed by atoms with E-state index in [4.69, 9.17) is 28.7 Å². The Morgan fingerprint density at radius 3 is 1.56 bits per heavy atom. The Morgan fingerprint density at radius 1 is 0.541 bits per heavy atom. The number of carbonyl (C=O) groups excluding carboxylic acids is 12. The van der Waals surface area contributed by atoms with Crippen LogP contribution in [0.15, 0.2) is 64.7 Å². The van der Waals surface area contributed by atoms with Gasteiger partial charge in [-0.25, -0.2) is 4.79 Å². The number of guanidine groups is 2. The molecule has 3 aromatic rings. The van der Waals surface area contributed by atoms with Crippen LogP contribution < -0.4 is 81.8 Å². The summed E-state index contributed by atoms with van der Waals surface area (Å²) in [6.45, 7) is 13.1. The summed E-state index contributed by atoms with van der Waals surface area (Å²) in [5, 5.41) is 78.5. The Hall–Kier alpha value is -10.7. The van der Waals surface area contributed by atoms with Crippen LogP contribution in [0.3, 0.4) is 0 Å². The normalized spacial score (nSPS) is 17.9. The van der Waals surface area contributed by atoms with Gasteiger partial charge < -0.3 is 122 Å². The van der Waals surface area contributed by atoms with Gasteiger partial charge in [0, 0.05) is 56.1 Å². The number of aliphatic hydroxyl groups excluding tert-OH is 3. The number of hydrogen-bond acceptors (Lipinski definition) is 20. The number of phenolic OH excluding ortho intramolecular Hbond substituents is 1. The summed E-state index contributed by atoms with van der Waals surface area (Å²) in [4.78, 5) is 197. The summed E-state index contributed by atoms with van der Waals surface area (Å²) in [5.74, 6) is -14.4. The quantitative estimate of drug-likeness (QED) is 0.0144. The number of nitrogens with zero attached hydrogens (tertiary/aromatic N) is 4. The first kappa shape index (κ1) is 90.9. The number of phenols is 1. The number of para-hydroxylation sites is 1. The van der Waals surface area contributed by atoms with Gasteiger partial charge in [-0.3, -0.25) is 67.5 Å². The summed E-state index contributed by atoms with van der Waals surface area (Å²) in [7, 11) is 0. The maximum Gasteiger partial charge on any atom is 0.326 e. The Kier molecular flexibility index (Phi) is 35.7. The molecule has 2 aromatic carbocycles. The van der Waals surface area contributed by atoms with Crippen molar-refractivity contribution in [3.05, 3.63) is 65.9 Å². The number of amides is 12. The number of H-pyrrole nitrogens is 1. The number of carboxylic acids is 1. The highest BCUT2D eigenvalue weighted by molar-refractivity contribution is 6.01. The lowest BCUT2D eigenvalue weighted by Crippen LogP contribution is -2.63. The van der Waals surface area contributed by atoms with Crippen molar-refractivity contribution in [2.45, 2.75) is 230 Å². The number of carbonyl (C=O) groups is 13. The van der Waals surface area contributed by atoms with Gasteiger partial charge in [-0.2, -0.15) is 0 Å². The first-order valence-electron chi connectivity index (χ1n) is 37.4. The predicted octanol–water partition coefficient (Wildman–Crippen LogP) is -4.47. The number of nitrogens with two attached hydrogens (primary N) is 5. The third kappa shape index (κ3) is 27.4. The summed E-state index contributed by atoms with van der Waals surface area (Å²) in [6.07, 6.45) is -0.335. The highest BCUT2D eigenvalue weighted by Crippen LogP contribution is 2.24. The SMILES string of the molecule is CC[C@H](C)[C@H](NC(=O)[C@H](CCCN=C(N)N)NC(=O)[C@@H](NC(=O)[C@H](Cc1c[nH]c2ccccc12)NC(=O)[C@H](Cc1ccc(O)cc1)NC(=O)[C@H](CC(C)C)NC(=O)[C@@H]1CCCN1C(=O)[C@@H](N)CCCN=C(N)N)[C@@H](C)O)C(=O)N[C@H](C(=O)N[C@H](C(=O)N[C@@H](CO)C(=O)N[C@@H](C)C(=O)N1CCC[C@H]1C(=O)O)[C@@H](C)O)C(C)C. The fourth-order valence-corrected chi connectivity index (χ4v) is 12.9. The standard InChI is InChI=1S/C73H114N20O18/c1-10-38(6)56(66(105)88-55(37(4)5)65(104)91-58(41(9)96)68(107)87-52(35-94)63(102)82-39(7)69(108)93-30-16-22-54(93)71(110)111)89-59(98)48(20-14-28-80-73(77)78)83-67(106)57(40(8)95)90-62(101)51(33-43-34-81-47-19-12-11-17-45(43)47)85-61(100)50(32-42-23-25-44(97)26-24-42)84-60(99)49(31-36(2)3)86-64(103)53-21-15-29-92(53)70(109)46(74)18-13-27-79-72(75)76/h11-12,17,19,23-26,34,36-41,46,48-58,81,94-97H,10,13-16,18,20-22,27-33,35,74H2,1-9H3,(H,82,102)(H,83,106)(H,84,99)(H,85,100)(H,86,103)(H,87,107)(H,88,105)(H,89,98)(H,90,101)(H,91,104)(H,110,111)(H4,75,76,79)(H4,77,78,80)/t38-,39-,40+,41+,46-,48-,49-,50-,51-,52-,53-,54-,55-,56-,57-,58-/m0/s1. The molecule has 0 spiro atoms.